The van der Waals surface area contributed by atoms with Crippen LogP contribution in [0.1, 0.15) is 11.1 Å². The number of nitrogens with two attached hydrogens (primary N) is 1. The van der Waals surface area contributed by atoms with Gasteiger partial charge in [0.15, 0.2) is 0 Å². The fourth-order valence-electron chi connectivity index (χ4n) is 1.84. The number of rotatable bonds is 4. The molecule has 1 aromatic heterocycles. The Balaban J connectivity index is 2.46. The highest BCUT2D eigenvalue weighted by Crippen LogP contribution is 2.27. The second-order valence-electron chi connectivity index (χ2n) is 4.24. The van der Waals surface area contributed by atoms with Gasteiger partial charge in [-0.1, -0.05) is 12.1 Å². The van der Waals surface area contributed by atoms with Crippen molar-refractivity contribution in [3.8, 4) is 0 Å². The van der Waals surface area contributed by atoms with Crippen LogP contribution in [0, 0.1) is 17.0 Å². The van der Waals surface area contributed by atoms with Crippen LogP contribution in [0.3, 0.4) is 0 Å². The number of hydrogen-bond acceptors (Lipinski definition) is 6. The minimum absolute atomic E-state index is 0.0975. The van der Waals surface area contributed by atoms with Crippen LogP contribution in [0.5, 0.6) is 0 Å². The summed E-state index contributed by atoms with van der Waals surface area (Å²) in [6.45, 7) is 1.86. The average molecular weight is 275 g/mol. The number of nitro benzene ring substituents is 1. The summed E-state index contributed by atoms with van der Waals surface area (Å²) >= 11 is 0. The van der Waals surface area contributed by atoms with E-state index in [1.807, 2.05) is 0 Å². The van der Waals surface area contributed by atoms with E-state index in [0.29, 0.717) is 5.56 Å². The highest BCUT2D eigenvalue weighted by atomic mass is 16.6. The van der Waals surface area contributed by atoms with E-state index in [-0.39, 0.29) is 23.5 Å². The lowest BCUT2D eigenvalue weighted by Crippen LogP contribution is -2.23. The molecule has 8 nitrogen and oxygen atoms in total. The summed E-state index contributed by atoms with van der Waals surface area (Å²) in [7, 11) is 0. The number of aromatic nitrogens is 2. The Labute approximate surface area is 114 Å². The molecule has 0 radical (unpaired) electrons. The van der Waals surface area contributed by atoms with Crippen molar-refractivity contribution in [2.75, 3.05) is 5.43 Å². The quantitative estimate of drug-likeness (QED) is 0.484. The number of benzene rings is 1. The number of anilines is 1. The molecule has 3 N–H and O–H groups in total. The lowest BCUT2D eigenvalue weighted by molar-refractivity contribution is -0.384. The number of para-hydroxylation sites is 1. The van der Waals surface area contributed by atoms with Crippen LogP contribution in [0.2, 0.25) is 0 Å². The van der Waals surface area contributed by atoms with Gasteiger partial charge in [-0.2, -0.15) is 5.10 Å². The average Bonchev–Trinajstić information content (AvgIpc) is 2.41. The van der Waals surface area contributed by atoms with Gasteiger partial charge in [-0.05, 0) is 12.5 Å². The number of aryl methyl sites for hydroxylation is 1. The molecule has 20 heavy (non-hydrogen) atoms. The Kier molecular flexibility index (Phi) is 3.76. The van der Waals surface area contributed by atoms with Gasteiger partial charge in [-0.3, -0.25) is 20.8 Å². The lowest BCUT2D eigenvalue weighted by atomic mass is 10.1. The Morgan fingerprint density at radius 3 is 2.85 bits per heavy atom. The van der Waals surface area contributed by atoms with Crippen molar-refractivity contribution in [1.82, 2.24) is 9.78 Å². The molecule has 8 heteroatoms. The summed E-state index contributed by atoms with van der Waals surface area (Å²) in [4.78, 5) is 22.2. The molecule has 0 spiro atoms. The number of nitro groups is 1. The van der Waals surface area contributed by atoms with Gasteiger partial charge >= 0.3 is 0 Å². The zero-order chi connectivity index (χ0) is 14.7. The Bertz CT molecular complexity index is 710. The van der Waals surface area contributed by atoms with Crippen LogP contribution < -0.4 is 16.8 Å². The van der Waals surface area contributed by atoms with Gasteiger partial charge in [0.05, 0.1) is 17.7 Å². The van der Waals surface area contributed by atoms with E-state index < -0.39 is 4.92 Å². The minimum Gasteiger partial charge on any atom is -0.318 e. The van der Waals surface area contributed by atoms with Crippen molar-refractivity contribution in [3.63, 3.8) is 0 Å². The second-order valence-corrected chi connectivity index (χ2v) is 4.24. The first-order chi connectivity index (χ1) is 9.52. The molecular formula is C12H13N5O3. The molecule has 2 aromatic rings. The molecule has 0 saturated heterocycles. The fraction of sp³-hybridized carbons (Fsp3) is 0.167. The van der Waals surface area contributed by atoms with E-state index in [0.717, 1.165) is 5.56 Å². The third kappa shape index (κ3) is 2.64. The van der Waals surface area contributed by atoms with Crippen LogP contribution in [0.4, 0.5) is 11.4 Å². The zero-order valence-corrected chi connectivity index (χ0v) is 10.7. The van der Waals surface area contributed by atoms with Crippen molar-refractivity contribution >= 4 is 11.4 Å². The maximum Gasteiger partial charge on any atom is 0.293 e. The summed E-state index contributed by atoms with van der Waals surface area (Å²) in [6.07, 6.45) is 1.55. The third-order valence-electron chi connectivity index (χ3n) is 2.80. The predicted molar refractivity (Wildman–Crippen MR) is 73.2 cm³/mol. The molecular weight excluding hydrogens is 262 g/mol. The van der Waals surface area contributed by atoms with E-state index in [4.69, 9.17) is 5.84 Å². The number of nitrogen functional groups attached to an aromatic ring is 1. The summed E-state index contributed by atoms with van der Waals surface area (Å²) in [5.74, 6) is 5.34. The van der Waals surface area contributed by atoms with E-state index in [9.17, 15) is 14.9 Å². The molecule has 0 aliphatic carbocycles. The standard InChI is InChI=1S/C12H13N5O3/c1-8-5-11(18)16(14-6-8)7-9-3-2-4-10(17(19)20)12(9)15-13/h2-6,15H,7,13H2,1H3. The first-order valence-corrected chi connectivity index (χ1v) is 5.79. The normalized spacial score (nSPS) is 10.3. The van der Waals surface area contributed by atoms with Crippen LogP contribution in [0.15, 0.2) is 35.3 Å². The molecule has 1 aromatic carbocycles. The largest absolute Gasteiger partial charge is 0.318 e. The Hall–Kier alpha value is -2.74. The molecule has 0 unspecified atom stereocenters. The SMILES string of the molecule is Cc1cnn(Cc2cccc([N+](=O)[O-])c2NN)c(=O)c1. The van der Waals surface area contributed by atoms with Crippen LogP contribution in [-0.2, 0) is 6.54 Å². The van der Waals surface area contributed by atoms with Gasteiger partial charge in [0, 0.05) is 17.7 Å². The number of hydrogen-bond donors (Lipinski definition) is 2. The van der Waals surface area contributed by atoms with E-state index in [1.54, 1.807) is 19.2 Å². The second kappa shape index (κ2) is 5.49. The first kappa shape index (κ1) is 13.7. The van der Waals surface area contributed by atoms with Crippen molar-refractivity contribution in [2.24, 2.45) is 5.84 Å². The molecule has 2 rings (SSSR count). The van der Waals surface area contributed by atoms with E-state index in [2.05, 4.69) is 10.5 Å². The molecule has 0 fully saturated rings. The van der Waals surface area contributed by atoms with Crippen molar-refractivity contribution in [1.29, 1.82) is 0 Å². The van der Waals surface area contributed by atoms with Crippen LogP contribution in [0.25, 0.3) is 0 Å². The topological polar surface area (TPSA) is 116 Å². The first-order valence-electron chi connectivity index (χ1n) is 5.79. The van der Waals surface area contributed by atoms with Gasteiger partial charge in [-0.15, -0.1) is 0 Å². The molecule has 1 heterocycles. The molecule has 0 aliphatic rings. The van der Waals surface area contributed by atoms with Gasteiger partial charge in [0.2, 0.25) is 0 Å². The number of nitrogens with one attached hydrogen (secondary N) is 1. The molecule has 0 bridgehead atoms. The molecule has 0 saturated carbocycles. The monoisotopic (exact) mass is 275 g/mol. The summed E-state index contributed by atoms with van der Waals surface area (Å²) in [6, 6.07) is 5.97. The molecule has 0 amide bonds. The zero-order valence-electron chi connectivity index (χ0n) is 10.7. The van der Waals surface area contributed by atoms with Crippen LogP contribution >= 0.6 is 0 Å². The number of hydrazine groups is 1. The number of nitrogens with zero attached hydrogens (tertiary/aromatic N) is 3. The Morgan fingerprint density at radius 2 is 2.25 bits per heavy atom. The van der Waals surface area contributed by atoms with Gasteiger partial charge in [0.25, 0.3) is 11.2 Å². The van der Waals surface area contributed by atoms with Crippen molar-refractivity contribution in [3.05, 3.63) is 62.1 Å². The van der Waals surface area contributed by atoms with Gasteiger partial charge in [0.1, 0.15) is 5.69 Å². The third-order valence-corrected chi connectivity index (χ3v) is 2.80. The van der Waals surface area contributed by atoms with Crippen molar-refractivity contribution in [2.45, 2.75) is 13.5 Å². The van der Waals surface area contributed by atoms with Crippen LogP contribution in [-0.4, -0.2) is 14.7 Å². The van der Waals surface area contributed by atoms with Gasteiger partial charge in [-0.25, -0.2) is 4.68 Å². The van der Waals surface area contributed by atoms with Gasteiger partial charge < -0.3 is 5.43 Å². The summed E-state index contributed by atoms with van der Waals surface area (Å²) in [5.41, 5.74) is 3.32. The summed E-state index contributed by atoms with van der Waals surface area (Å²) < 4.78 is 1.22. The van der Waals surface area contributed by atoms with Crippen molar-refractivity contribution < 1.29 is 4.92 Å². The highest BCUT2D eigenvalue weighted by Gasteiger charge is 2.17. The fourth-order valence-corrected chi connectivity index (χ4v) is 1.84. The highest BCUT2D eigenvalue weighted by molar-refractivity contribution is 5.65. The lowest BCUT2D eigenvalue weighted by Gasteiger charge is -2.10. The molecule has 104 valence electrons. The maximum atomic E-state index is 11.8. The van der Waals surface area contributed by atoms with E-state index >= 15 is 0 Å². The Morgan fingerprint density at radius 1 is 1.50 bits per heavy atom. The summed E-state index contributed by atoms with van der Waals surface area (Å²) in [5, 5.41) is 14.9. The smallest absolute Gasteiger partial charge is 0.293 e. The molecule has 0 aliphatic heterocycles. The minimum atomic E-state index is -0.538. The molecule has 0 atom stereocenters. The predicted octanol–water partition coefficient (Wildman–Crippen LogP) is 0.794. The maximum absolute atomic E-state index is 11.8. The van der Waals surface area contributed by atoms with E-state index in [1.165, 1.54) is 22.9 Å².